The van der Waals surface area contributed by atoms with Crippen LogP contribution in [0, 0.1) is 5.82 Å². The van der Waals surface area contributed by atoms with E-state index in [4.69, 9.17) is 4.74 Å². The summed E-state index contributed by atoms with van der Waals surface area (Å²) in [5.74, 6) is 0.344. The molecule has 1 aliphatic rings. The van der Waals surface area contributed by atoms with Gasteiger partial charge in [0.1, 0.15) is 17.3 Å². The number of aromatic nitrogens is 1. The number of nitrogens with one attached hydrogen (secondary N) is 1. The van der Waals surface area contributed by atoms with Gasteiger partial charge in [-0.15, -0.1) is 11.8 Å². The Morgan fingerprint density at radius 2 is 2.12 bits per heavy atom. The molecule has 26 heavy (non-hydrogen) atoms. The Hall–Kier alpha value is -2.47. The van der Waals surface area contributed by atoms with E-state index in [9.17, 15) is 9.18 Å². The molecule has 2 heterocycles. The molecule has 0 saturated heterocycles. The molecule has 2 aromatic carbocycles. The maximum Gasteiger partial charge on any atom is 0.268 e. The first-order valence-corrected chi connectivity index (χ1v) is 9.66. The highest BCUT2D eigenvalue weighted by atomic mass is 32.2. The lowest BCUT2D eigenvalue weighted by Gasteiger charge is -2.27. The van der Waals surface area contributed by atoms with E-state index in [1.165, 1.54) is 12.1 Å². The fourth-order valence-electron chi connectivity index (χ4n) is 3.40. The van der Waals surface area contributed by atoms with Crippen LogP contribution in [0.5, 0.6) is 5.75 Å². The monoisotopic (exact) mass is 370 g/mol. The van der Waals surface area contributed by atoms with E-state index < -0.39 is 0 Å². The fourth-order valence-corrected chi connectivity index (χ4v) is 3.83. The van der Waals surface area contributed by atoms with E-state index in [1.54, 1.807) is 35.5 Å². The van der Waals surface area contributed by atoms with Crippen LogP contribution >= 0.6 is 11.8 Å². The summed E-state index contributed by atoms with van der Waals surface area (Å²) in [6, 6.07) is 12.3. The molecule has 1 atom stereocenters. The number of thioether (sulfide) groups is 1. The van der Waals surface area contributed by atoms with Gasteiger partial charge in [-0.3, -0.25) is 4.79 Å². The van der Waals surface area contributed by atoms with Gasteiger partial charge in [-0.2, -0.15) is 0 Å². The predicted octanol–water partition coefficient (Wildman–Crippen LogP) is 4.29. The Bertz CT molecular complexity index is 999. The smallest absolute Gasteiger partial charge is 0.268 e. The van der Waals surface area contributed by atoms with Gasteiger partial charge < -0.3 is 14.6 Å². The predicted molar refractivity (Wildman–Crippen MR) is 101 cm³/mol. The Morgan fingerprint density at radius 1 is 1.27 bits per heavy atom. The molecule has 1 N–H and O–H groups in total. The summed E-state index contributed by atoms with van der Waals surface area (Å²) in [5.41, 5.74) is 2.21. The molecule has 4 rings (SSSR count). The Kier molecular flexibility index (Phi) is 4.36. The number of ether oxygens (including phenoxy) is 1. The average Bonchev–Trinajstić information content (AvgIpc) is 2.98. The summed E-state index contributed by atoms with van der Waals surface area (Å²) >= 11 is 1.66. The second-order valence-corrected chi connectivity index (χ2v) is 7.24. The highest BCUT2D eigenvalue weighted by Crippen LogP contribution is 2.35. The first-order valence-electron chi connectivity index (χ1n) is 8.43. The quantitative estimate of drug-likeness (QED) is 0.700. The zero-order chi connectivity index (χ0) is 18.3. The number of hydrogen-bond acceptors (Lipinski definition) is 3. The summed E-state index contributed by atoms with van der Waals surface area (Å²) in [4.78, 5) is 14.0. The molecule has 0 aliphatic carbocycles. The van der Waals surface area contributed by atoms with E-state index in [1.807, 2.05) is 24.5 Å². The normalized spacial score (nSPS) is 16.2. The van der Waals surface area contributed by atoms with Gasteiger partial charge in [-0.05, 0) is 42.7 Å². The zero-order valence-electron chi connectivity index (χ0n) is 14.6. The molecule has 1 amide bonds. The maximum atomic E-state index is 13.5. The minimum atomic E-state index is -0.311. The largest absolute Gasteiger partial charge is 0.493 e. The number of aryl methyl sites for hydroxylation is 1. The number of amides is 1. The van der Waals surface area contributed by atoms with E-state index in [2.05, 4.69) is 5.32 Å². The topological polar surface area (TPSA) is 43.3 Å². The van der Waals surface area contributed by atoms with E-state index in [-0.39, 0.29) is 17.8 Å². The molecule has 0 fully saturated rings. The van der Waals surface area contributed by atoms with E-state index >= 15 is 0 Å². The number of fused-ring (bicyclic) bond motifs is 2. The van der Waals surface area contributed by atoms with Crippen molar-refractivity contribution in [2.75, 3.05) is 12.9 Å². The molecule has 4 nitrogen and oxygen atoms in total. The van der Waals surface area contributed by atoms with Gasteiger partial charge in [0, 0.05) is 29.3 Å². The lowest BCUT2D eigenvalue weighted by Crippen LogP contribution is -2.33. The van der Waals surface area contributed by atoms with Crippen LogP contribution in [0.4, 0.5) is 4.39 Å². The maximum absolute atomic E-state index is 13.5. The highest BCUT2D eigenvalue weighted by Gasteiger charge is 2.25. The molecule has 1 aliphatic heterocycles. The van der Waals surface area contributed by atoms with Crippen LogP contribution in [0.15, 0.2) is 47.4 Å². The molecular formula is C20H19FN2O2S. The molecule has 134 valence electrons. The van der Waals surface area contributed by atoms with Gasteiger partial charge in [0.05, 0.1) is 18.2 Å². The molecule has 3 aromatic rings. The molecule has 0 radical (unpaired) electrons. The van der Waals surface area contributed by atoms with Crippen molar-refractivity contribution in [2.24, 2.45) is 7.05 Å². The number of hydrogen-bond donors (Lipinski definition) is 1. The van der Waals surface area contributed by atoms with Crippen LogP contribution in [-0.2, 0) is 7.05 Å². The van der Waals surface area contributed by atoms with Crippen molar-refractivity contribution in [1.82, 2.24) is 9.88 Å². The number of carbonyl (C=O) groups excluding carboxylic acids is 1. The molecule has 0 saturated carbocycles. The summed E-state index contributed by atoms with van der Waals surface area (Å²) in [6.07, 6.45) is 2.74. The van der Waals surface area contributed by atoms with Gasteiger partial charge >= 0.3 is 0 Å². The minimum Gasteiger partial charge on any atom is -0.493 e. The SMILES string of the molecule is CSc1ccc2c(c1)OCCC2NC(=O)c1cc2ccc(F)cc2n1C. The van der Waals surface area contributed by atoms with E-state index in [0.29, 0.717) is 17.8 Å². The lowest BCUT2D eigenvalue weighted by atomic mass is 10.0. The summed E-state index contributed by atoms with van der Waals surface area (Å²) in [7, 11) is 1.78. The highest BCUT2D eigenvalue weighted by molar-refractivity contribution is 7.98. The first kappa shape index (κ1) is 17.0. The molecule has 1 aromatic heterocycles. The molecule has 0 spiro atoms. The van der Waals surface area contributed by atoms with Crippen LogP contribution in [0.1, 0.15) is 28.5 Å². The van der Waals surface area contributed by atoms with Crippen molar-refractivity contribution in [2.45, 2.75) is 17.4 Å². The van der Waals surface area contributed by atoms with Gasteiger partial charge in [0.25, 0.3) is 5.91 Å². The third-order valence-electron chi connectivity index (χ3n) is 4.81. The number of carbonyl (C=O) groups is 1. The van der Waals surface area contributed by atoms with E-state index in [0.717, 1.165) is 28.0 Å². The van der Waals surface area contributed by atoms with Crippen LogP contribution in [-0.4, -0.2) is 23.3 Å². The Labute approximate surface area is 155 Å². The lowest BCUT2D eigenvalue weighted by molar-refractivity contribution is 0.0917. The van der Waals surface area contributed by atoms with Crippen molar-refractivity contribution in [1.29, 1.82) is 0 Å². The molecular weight excluding hydrogens is 351 g/mol. The van der Waals surface area contributed by atoms with Crippen molar-refractivity contribution >= 4 is 28.6 Å². The number of nitrogens with zero attached hydrogens (tertiary/aromatic N) is 1. The Balaban J connectivity index is 1.63. The second-order valence-electron chi connectivity index (χ2n) is 6.36. The molecule has 0 bridgehead atoms. The van der Waals surface area contributed by atoms with Crippen molar-refractivity contribution in [3.63, 3.8) is 0 Å². The van der Waals surface area contributed by atoms with Crippen molar-refractivity contribution < 1.29 is 13.9 Å². The van der Waals surface area contributed by atoms with Gasteiger partial charge in [0.15, 0.2) is 0 Å². The first-order chi connectivity index (χ1) is 12.6. The third kappa shape index (κ3) is 2.94. The van der Waals surface area contributed by atoms with Crippen molar-refractivity contribution in [3.8, 4) is 5.75 Å². The Morgan fingerprint density at radius 3 is 2.92 bits per heavy atom. The van der Waals surface area contributed by atoms with Crippen LogP contribution in [0.25, 0.3) is 10.9 Å². The van der Waals surface area contributed by atoms with Gasteiger partial charge in [0.2, 0.25) is 0 Å². The fraction of sp³-hybridized carbons (Fsp3) is 0.250. The molecule has 1 unspecified atom stereocenters. The standard InChI is InChI=1S/C20H19FN2O2S/c1-23-17-10-13(21)4-3-12(17)9-18(23)20(24)22-16-7-8-25-19-11-14(26-2)5-6-15(16)19/h3-6,9-11,16H,7-8H2,1-2H3,(H,22,24). The van der Waals surface area contributed by atoms with Crippen molar-refractivity contribution in [3.05, 3.63) is 59.5 Å². The van der Waals surface area contributed by atoms with Gasteiger partial charge in [-0.1, -0.05) is 6.07 Å². The van der Waals surface area contributed by atoms with Crippen LogP contribution < -0.4 is 10.1 Å². The van der Waals surface area contributed by atoms with Crippen LogP contribution in [0.2, 0.25) is 0 Å². The summed E-state index contributed by atoms with van der Waals surface area (Å²) in [6.45, 7) is 0.566. The summed E-state index contributed by atoms with van der Waals surface area (Å²) in [5, 5.41) is 3.95. The zero-order valence-corrected chi connectivity index (χ0v) is 15.4. The second kappa shape index (κ2) is 6.68. The molecule has 6 heteroatoms. The third-order valence-corrected chi connectivity index (χ3v) is 5.53. The number of halogens is 1. The minimum absolute atomic E-state index is 0.100. The van der Waals surface area contributed by atoms with Gasteiger partial charge in [-0.25, -0.2) is 4.39 Å². The van der Waals surface area contributed by atoms with Crippen LogP contribution in [0.3, 0.4) is 0 Å². The number of benzene rings is 2. The summed E-state index contributed by atoms with van der Waals surface area (Å²) < 4.78 is 21.0. The number of rotatable bonds is 3. The average molecular weight is 370 g/mol.